The molecule has 1 aromatic heterocycles. The molecule has 27 heavy (non-hydrogen) atoms. The number of para-hydroxylation sites is 1. The second-order valence-corrected chi connectivity index (χ2v) is 6.51. The lowest BCUT2D eigenvalue weighted by atomic mass is 10.3. The highest BCUT2D eigenvalue weighted by atomic mass is 16.5. The zero-order valence-electron chi connectivity index (χ0n) is 15.2. The van der Waals surface area contributed by atoms with E-state index in [9.17, 15) is 4.79 Å². The van der Waals surface area contributed by atoms with E-state index in [-0.39, 0.29) is 6.03 Å². The Morgan fingerprint density at radius 2 is 1.85 bits per heavy atom. The average molecular weight is 362 g/mol. The summed E-state index contributed by atoms with van der Waals surface area (Å²) in [5.41, 5.74) is 2.64. The molecule has 3 aromatic rings. The molecule has 2 amide bonds. The van der Waals surface area contributed by atoms with E-state index in [1.807, 2.05) is 67.6 Å². The van der Waals surface area contributed by atoms with Crippen LogP contribution in [-0.4, -0.2) is 22.4 Å². The molecule has 2 aromatic carbocycles. The molecule has 1 fully saturated rings. The minimum atomic E-state index is -0.307. The van der Waals surface area contributed by atoms with Crippen molar-refractivity contribution < 1.29 is 9.53 Å². The normalized spacial score (nSPS) is 13.2. The number of ether oxygens (including phenoxy) is 1. The van der Waals surface area contributed by atoms with Crippen molar-refractivity contribution in [3.8, 4) is 11.4 Å². The zero-order chi connectivity index (χ0) is 18.6. The first-order valence-corrected chi connectivity index (χ1v) is 9.19. The van der Waals surface area contributed by atoms with Crippen LogP contribution >= 0.6 is 0 Å². The third-order valence-corrected chi connectivity index (χ3v) is 4.39. The number of benzene rings is 2. The van der Waals surface area contributed by atoms with E-state index in [0.717, 1.165) is 30.0 Å². The van der Waals surface area contributed by atoms with Crippen LogP contribution in [0.5, 0.6) is 5.75 Å². The molecule has 4 rings (SSSR count). The van der Waals surface area contributed by atoms with Crippen molar-refractivity contribution in [2.75, 3.05) is 17.2 Å². The molecule has 0 radical (unpaired) electrons. The average Bonchev–Trinajstić information content (AvgIpc) is 3.45. The Morgan fingerprint density at radius 1 is 1.11 bits per heavy atom. The quantitative estimate of drug-likeness (QED) is 0.662. The molecule has 6 nitrogen and oxygen atoms in total. The van der Waals surface area contributed by atoms with Gasteiger partial charge in [0.15, 0.2) is 0 Å². The summed E-state index contributed by atoms with van der Waals surface area (Å²) in [4.78, 5) is 12.5. The van der Waals surface area contributed by atoms with E-state index in [2.05, 4.69) is 10.6 Å². The Balaban J connectivity index is 1.50. The van der Waals surface area contributed by atoms with Gasteiger partial charge in [-0.15, -0.1) is 0 Å². The number of aromatic nitrogens is 2. The summed E-state index contributed by atoms with van der Waals surface area (Å²) in [7, 11) is 0. The number of carbonyl (C=O) groups is 1. The highest BCUT2D eigenvalue weighted by Crippen LogP contribution is 2.40. The molecular formula is C21H22N4O2. The van der Waals surface area contributed by atoms with Gasteiger partial charge in [0.2, 0.25) is 0 Å². The topological polar surface area (TPSA) is 68.2 Å². The maximum Gasteiger partial charge on any atom is 0.324 e. The summed E-state index contributed by atoms with van der Waals surface area (Å²) >= 11 is 0. The van der Waals surface area contributed by atoms with Gasteiger partial charge >= 0.3 is 6.03 Å². The maximum atomic E-state index is 12.5. The monoisotopic (exact) mass is 362 g/mol. The number of hydrogen-bond acceptors (Lipinski definition) is 3. The molecule has 0 bridgehead atoms. The van der Waals surface area contributed by atoms with Crippen molar-refractivity contribution in [2.45, 2.75) is 25.7 Å². The van der Waals surface area contributed by atoms with E-state index in [1.165, 1.54) is 0 Å². The van der Waals surface area contributed by atoms with Gasteiger partial charge < -0.3 is 10.1 Å². The molecule has 2 N–H and O–H groups in total. The molecule has 0 saturated heterocycles. The Morgan fingerprint density at radius 3 is 2.52 bits per heavy atom. The van der Waals surface area contributed by atoms with Crippen LogP contribution in [0.2, 0.25) is 0 Å². The fourth-order valence-corrected chi connectivity index (χ4v) is 2.91. The second kappa shape index (κ2) is 7.53. The van der Waals surface area contributed by atoms with Crippen LogP contribution in [0.4, 0.5) is 16.3 Å². The zero-order valence-corrected chi connectivity index (χ0v) is 15.2. The van der Waals surface area contributed by atoms with E-state index in [4.69, 9.17) is 9.84 Å². The van der Waals surface area contributed by atoms with Crippen LogP contribution < -0.4 is 15.4 Å². The maximum absolute atomic E-state index is 12.5. The van der Waals surface area contributed by atoms with Gasteiger partial charge in [0.05, 0.1) is 18.0 Å². The molecule has 0 atom stereocenters. The predicted octanol–water partition coefficient (Wildman–Crippen LogP) is 4.79. The van der Waals surface area contributed by atoms with Crippen molar-refractivity contribution in [3.05, 3.63) is 66.4 Å². The lowest BCUT2D eigenvalue weighted by Crippen LogP contribution is -2.21. The third-order valence-electron chi connectivity index (χ3n) is 4.39. The number of nitrogens with one attached hydrogen (secondary N) is 2. The molecule has 1 aliphatic carbocycles. The number of amides is 2. The van der Waals surface area contributed by atoms with Crippen LogP contribution in [-0.2, 0) is 0 Å². The first-order chi connectivity index (χ1) is 13.2. The van der Waals surface area contributed by atoms with Gasteiger partial charge in [-0.05, 0) is 56.2 Å². The van der Waals surface area contributed by atoms with Crippen LogP contribution in [0.1, 0.15) is 31.4 Å². The first-order valence-electron chi connectivity index (χ1n) is 9.19. The highest BCUT2D eigenvalue weighted by Gasteiger charge is 2.28. The Labute approximate surface area is 158 Å². The molecule has 0 unspecified atom stereocenters. The van der Waals surface area contributed by atoms with Gasteiger partial charge in [-0.2, -0.15) is 5.10 Å². The molecule has 1 aliphatic rings. The SMILES string of the molecule is CCOc1ccc(NC(=O)Nc2cc(C3CC3)nn2-c2ccccc2)cc1. The number of carbonyl (C=O) groups excluding carboxylic acids is 1. The van der Waals surface area contributed by atoms with Crippen LogP contribution in [0.25, 0.3) is 5.69 Å². The molecule has 0 spiro atoms. The Hall–Kier alpha value is -3.28. The van der Waals surface area contributed by atoms with Crippen molar-refractivity contribution in [2.24, 2.45) is 0 Å². The van der Waals surface area contributed by atoms with E-state index in [0.29, 0.717) is 24.0 Å². The highest BCUT2D eigenvalue weighted by molar-refractivity contribution is 5.99. The molecule has 0 aliphatic heterocycles. The van der Waals surface area contributed by atoms with E-state index >= 15 is 0 Å². The van der Waals surface area contributed by atoms with Crippen LogP contribution in [0.15, 0.2) is 60.7 Å². The molecule has 1 heterocycles. The number of urea groups is 1. The summed E-state index contributed by atoms with van der Waals surface area (Å²) < 4.78 is 7.20. The number of anilines is 2. The summed E-state index contributed by atoms with van der Waals surface area (Å²) in [6.45, 7) is 2.55. The summed E-state index contributed by atoms with van der Waals surface area (Å²) in [6.07, 6.45) is 2.31. The minimum Gasteiger partial charge on any atom is -0.494 e. The Bertz CT molecular complexity index is 915. The summed E-state index contributed by atoms with van der Waals surface area (Å²) in [5, 5.41) is 10.5. The number of hydrogen-bond donors (Lipinski definition) is 2. The van der Waals surface area contributed by atoms with E-state index < -0.39 is 0 Å². The minimum absolute atomic E-state index is 0.307. The summed E-state index contributed by atoms with van der Waals surface area (Å²) in [6, 6.07) is 18.8. The van der Waals surface area contributed by atoms with Gasteiger partial charge in [-0.25, -0.2) is 9.48 Å². The van der Waals surface area contributed by atoms with Gasteiger partial charge in [-0.3, -0.25) is 5.32 Å². The van der Waals surface area contributed by atoms with Gasteiger partial charge in [0.25, 0.3) is 0 Å². The van der Waals surface area contributed by atoms with E-state index in [1.54, 1.807) is 4.68 Å². The van der Waals surface area contributed by atoms with Gasteiger partial charge in [0.1, 0.15) is 11.6 Å². The van der Waals surface area contributed by atoms with Crippen molar-refractivity contribution in [1.82, 2.24) is 9.78 Å². The fourth-order valence-electron chi connectivity index (χ4n) is 2.91. The van der Waals surface area contributed by atoms with Gasteiger partial charge in [0, 0.05) is 17.7 Å². The number of rotatable bonds is 6. The number of nitrogens with zero attached hydrogens (tertiary/aromatic N) is 2. The van der Waals surface area contributed by atoms with Crippen LogP contribution in [0.3, 0.4) is 0 Å². The largest absolute Gasteiger partial charge is 0.494 e. The molecular weight excluding hydrogens is 340 g/mol. The molecule has 138 valence electrons. The predicted molar refractivity (Wildman–Crippen MR) is 106 cm³/mol. The molecule has 6 heteroatoms. The fraction of sp³-hybridized carbons (Fsp3) is 0.238. The summed E-state index contributed by atoms with van der Waals surface area (Å²) in [5.74, 6) is 1.94. The van der Waals surface area contributed by atoms with Crippen LogP contribution in [0, 0.1) is 0 Å². The second-order valence-electron chi connectivity index (χ2n) is 6.51. The van der Waals surface area contributed by atoms with Crippen molar-refractivity contribution >= 4 is 17.5 Å². The van der Waals surface area contributed by atoms with Crippen molar-refractivity contribution in [3.63, 3.8) is 0 Å². The lowest BCUT2D eigenvalue weighted by molar-refractivity contribution is 0.262. The Kier molecular flexibility index (Phi) is 4.78. The van der Waals surface area contributed by atoms with Gasteiger partial charge in [-0.1, -0.05) is 18.2 Å². The lowest BCUT2D eigenvalue weighted by Gasteiger charge is -2.10. The van der Waals surface area contributed by atoms with Crippen molar-refractivity contribution in [1.29, 1.82) is 0 Å². The first kappa shape index (κ1) is 17.1. The standard InChI is InChI=1S/C21H22N4O2/c1-2-27-18-12-10-16(11-13-18)22-21(26)23-20-14-19(15-8-9-15)24-25(20)17-6-4-3-5-7-17/h3-7,10-15H,2,8-9H2,1H3,(H2,22,23,26). The smallest absolute Gasteiger partial charge is 0.324 e. The third kappa shape index (κ3) is 4.11. The molecule has 1 saturated carbocycles.